The molecule has 2 unspecified atom stereocenters. The molecule has 3 aliphatic heterocycles. The van der Waals surface area contributed by atoms with E-state index in [1.807, 2.05) is 65.6 Å². The van der Waals surface area contributed by atoms with Crippen LogP contribution in [0.2, 0.25) is 10.0 Å². The van der Waals surface area contributed by atoms with Gasteiger partial charge < -0.3 is 19.9 Å². The third kappa shape index (κ3) is 4.72. The number of rotatable bonds is 6. The lowest BCUT2D eigenvalue weighted by atomic mass is 9.56. The summed E-state index contributed by atoms with van der Waals surface area (Å²) in [6, 6.07) is 26.2. The summed E-state index contributed by atoms with van der Waals surface area (Å²) in [5, 5.41) is 15.8. The number of fused-ring (bicyclic) bond motifs is 3. The molecule has 5 atom stereocenters. The van der Waals surface area contributed by atoms with Gasteiger partial charge in [0.05, 0.1) is 24.3 Å². The molecule has 2 spiro atoms. The number of carbonyl (C=O) groups is 2. The number of aliphatic hydroxyl groups is 1. The molecule has 3 aliphatic rings. The minimum Gasteiger partial charge on any atom is -0.468 e. The summed E-state index contributed by atoms with van der Waals surface area (Å²) >= 11 is 12.9. The number of carbonyl (C=O) groups excluding carboxylic acids is 2. The number of hydrogen-bond donors (Lipinski definition) is 2. The number of ether oxygens (including phenoxy) is 2. The molecular weight excluding hydrogens is 642 g/mol. The van der Waals surface area contributed by atoms with Gasteiger partial charge in [-0.1, -0.05) is 102 Å². The monoisotopic (exact) mass is 674 g/mol. The number of nitrogens with zero attached hydrogens (tertiary/aromatic N) is 1. The van der Waals surface area contributed by atoms with E-state index in [0.29, 0.717) is 40.2 Å². The van der Waals surface area contributed by atoms with Gasteiger partial charge in [0.25, 0.3) is 0 Å². The third-order valence-corrected chi connectivity index (χ3v) is 10.8. The molecule has 4 aromatic carbocycles. The Morgan fingerprint density at radius 1 is 0.979 bits per heavy atom. The lowest BCUT2D eigenvalue weighted by molar-refractivity contribution is -0.155. The van der Waals surface area contributed by atoms with Crippen LogP contribution >= 0.6 is 23.2 Å². The van der Waals surface area contributed by atoms with E-state index in [1.54, 1.807) is 30.3 Å². The van der Waals surface area contributed by atoms with E-state index in [-0.39, 0.29) is 23.8 Å². The predicted molar refractivity (Wildman–Crippen MR) is 177 cm³/mol. The molecule has 242 valence electrons. The molecule has 47 heavy (non-hydrogen) atoms. The van der Waals surface area contributed by atoms with E-state index in [9.17, 15) is 9.90 Å². The second-order valence-corrected chi connectivity index (χ2v) is 13.1. The van der Waals surface area contributed by atoms with Crippen LogP contribution in [0.5, 0.6) is 0 Å². The number of nitrogens with one attached hydrogen (secondary N) is 1. The number of benzene rings is 4. The maximum absolute atomic E-state index is 16.5. The van der Waals surface area contributed by atoms with Crippen LogP contribution in [0.25, 0.3) is 0 Å². The van der Waals surface area contributed by atoms with Crippen molar-refractivity contribution >= 4 is 40.8 Å². The van der Waals surface area contributed by atoms with E-state index in [4.69, 9.17) is 32.7 Å². The van der Waals surface area contributed by atoms with Crippen molar-refractivity contribution in [3.63, 3.8) is 0 Å². The van der Waals surface area contributed by atoms with Gasteiger partial charge in [-0.05, 0) is 53.3 Å². The number of aliphatic hydroxyl groups excluding tert-OH is 1. The van der Waals surface area contributed by atoms with Crippen LogP contribution in [-0.4, -0.2) is 53.8 Å². The van der Waals surface area contributed by atoms with Crippen molar-refractivity contribution in [1.82, 2.24) is 4.90 Å². The summed E-state index contributed by atoms with van der Waals surface area (Å²) in [6.45, 7) is 0.520. The number of anilines is 1. The Kier molecular flexibility index (Phi) is 8.35. The van der Waals surface area contributed by atoms with Gasteiger partial charge in [0.15, 0.2) is 0 Å². The fourth-order valence-electron chi connectivity index (χ4n) is 8.55. The molecule has 7 nitrogen and oxygen atoms in total. The largest absolute Gasteiger partial charge is 0.468 e. The molecule has 2 N–H and O–H groups in total. The molecule has 7 rings (SSSR count). The summed E-state index contributed by atoms with van der Waals surface area (Å²) in [5.74, 6) is -2.94. The van der Waals surface area contributed by atoms with Gasteiger partial charge in [-0.25, -0.2) is 4.39 Å². The zero-order valence-corrected chi connectivity index (χ0v) is 27.0. The van der Waals surface area contributed by atoms with Gasteiger partial charge in [0.1, 0.15) is 17.3 Å². The number of hydrogen-bond acceptors (Lipinski definition) is 6. The predicted octanol–water partition coefficient (Wildman–Crippen LogP) is 6.99. The van der Waals surface area contributed by atoms with Crippen molar-refractivity contribution in [2.75, 3.05) is 25.6 Å². The Balaban J connectivity index is 1.62. The lowest BCUT2D eigenvalue weighted by Gasteiger charge is -2.53. The van der Waals surface area contributed by atoms with Gasteiger partial charge in [0.2, 0.25) is 5.91 Å². The third-order valence-electron chi connectivity index (χ3n) is 10.3. The molecule has 2 saturated heterocycles. The summed E-state index contributed by atoms with van der Waals surface area (Å²) in [5.41, 5.74) is -0.280. The van der Waals surface area contributed by atoms with Gasteiger partial charge in [-0.3, -0.25) is 14.5 Å². The van der Waals surface area contributed by atoms with Crippen molar-refractivity contribution in [2.45, 2.75) is 47.9 Å². The highest BCUT2D eigenvalue weighted by molar-refractivity contribution is 6.31. The molecular formula is C37H33Cl2FN2O5. The first kappa shape index (κ1) is 31.8. The minimum atomic E-state index is -1.56. The highest BCUT2D eigenvalue weighted by Gasteiger charge is 2.77. The first-order valence-electron chi connectivity index (χ1n) is 15.5. The average molecular weight is 676 g/mol. The van der Waals surface area contributed by atoms with Crippen molar-refractivity contribution in [3.05, 3.63) is 135 Å². The molecule has 4 aromatic rings. The number of esters is 1. The second-order valence-electron chi connectivity index (χ2n) is 12.3. The molecule has 0 aliphatic carbocycles. The Hall–Kier alpha value is -3.79. The fourth-order valence-corrected chi connectivity index (χ4v) is 8.90. The SMILES string of the molecule is COC(=O)C1[C@H](c2cccc(Cl)c2F)C2(C(=O)Nc3cc(Cl)ccc32)C2(CCOCC2)N1[C@H](c1ccccc1)[C@@H](O)c1ccccc1. The van der Waals surface area contributed by atoms with Crippen LogP contribution in [0.4, 0.5) is 10.1 Å². The number of amides is 1. The van der Waals surface area contributed by atoms with E-state index < -0.39 is 52.8 Å². The first-order chi connectivity index (χ1) is 22.8. The molecule has 0 bridgehead atoms. The highest BCUT2D eigenvalue weighted by Crippen LogP contribution is 2.68. The number of halogens is 3. The first-order valence-corrected chi connectivity index (χ1v) is 16.3. The van der Waals surface area contributed by atoms with Crippen LogP contribution in [0.15, 0.2) is 97.1 Å². The Morgan fingerprint density at radius 2 is 1.64 bits per heavy atom. The van der Waals surface area contributed by atoms with Crippen LogP contribution in [0.3, 0.4) is 0 Å². The van der Waals surface area contributed by atoms with Crippen LogP contribution < -0.4 is 5.32 Å². The quantitative estimate of drug-likeness (QED) is 0.215. The molecule has 2 fully saturated rings. The topological polar surface area (TPSA) is 88.1 Å². The van der Waals surface area contributed by atoms with Gasteiger partial charge in [-0.15, -0.1) is 0 Å². The highest BCUT2D eigenvalue weighted by atomic mass is 35.5. The van der Waals surface area contributed by atoms with E-state index in [2.05, 4.69) is 5.32 Å². The minimum absolute atomic E-state index is 0.0974. The summed E-state index contributed by atoms with van der Waals surface area (Å²) < 4.78 is 28.0. The van der Waals surface area contributed by atoms with Gasteiger partial charge >= 0.3 is 5.97 Å². The zero-order chi connectivity index (χ0) is 32.9. The van der Waals surface area contributed by atoms with Crippen molar-refractivity contribution < 1.29 is 28.6 Å². The summed E-state index contributed by atoms with van der Waals surface area (Å²) in [7, 11) is 1.28. The van der Waals surface area contributed by atoms with Crippen molar-refractivity contribution in [3.8, 4) is 0 Å². The Bertz CT molecular complexity index is 1820. The van der Waals surface area contributed by atoms with Crippen LogP contribution in [0.1, 0.15) is 53.2 Å². The molecule has 10 heteroatoms. The van der Waals surface area contributed by atoms with Crippen molar-refractivity contribution in [1.29, 1.82) is 0 Å². The lowest BCUT2D eigenvalue weighted by Crippen LogP contribution is -2.64. The Labute approximate surface area is 282 Å². The summed E-state index contributed by atoms with van der Waals surface area (Å²) in [4.78, 5) is 31.4. The maximum atomic E-state index is 16.5. The van der Waals surface area contributed by atoms with Crippen LogP contribution in [-0.2, 0) is 24.5 Å². The van der Waals surface area contributed by atoms with Gasteiger partial charge in [-0.2, -0.15) is 0 Å². The molecule has 0 radical (unpaired) electrons. The number of likely N-dealkylation sites (tertiary alicyclic amines) is 1. The van der Waals surface area contributed by atoms with Crippen LogP contribution in [0, 0.1) is 5.82 Å². The molecule has 1 amide bonds. The van der Waals surface area contributed by atoms with Crippen molar-refractivity contribution in [2.24, 2.45) is 0 Å². The van der Waals surface area contributed by atoms with E-state index in [1.165, 1.54) is 13.2 Å². The second kappa shape index (κ2) is 12.3. The average Bonchev–Trinajstić information content (AvgIpc) is 3.52. The zero-order valence-electron chi connectivity index (χ0n) is 25.5. The Morgan fingerprint density at radius 3 is 2.30 bits per heavy atom. The molecule has 0 saturated carbocycles. The van der Waals surface area contributed by atoms with E-state index >= 15 is 9.18 Å². The molecule has 3 heterocycles. The van der Waals surface area contributed by atoms with E-state index in [0.717, 1.165) is 0 Å². The smallest absolute Gasteiger partial charge is 0.323 e. The number of methoxy groups -OCH3 is 1. The summed E-state index contributed by atoms with van der Waals surface area (Å²) in [6.07, 6.45) is -0.585. The standard InChI is InChI=1S/C37H33Cl2FN2O5/c1-46-34(44)32-29(25-13-8-14-27(39)30(25)40)37(26-16-15-24(38)21-28(26)41-35(37)45)36(17-19-47-20-18-36)42(32)31(22-9-4-2-5-10-22)33(43)23-11-6-3-7-12-23/h2-16,21,29,31-33,43H,17-20H2,1H3,(H,41,45)/t29-,31+,32?,33-,37?/m0/s1. The normalized spacial score (nSPS) is 24.6. The fraction of sp³-hybridized carbons (Fsp3) is 0.297. The molecule has 0 aromatic heterocycles. The maximum Gasteiger partial charge on any atom is 0.323 e. The van der Waals surface area contributed by atoms with Gasteiger partial charge in [0, 0.05) is 35.4 Å².